The van der Waals surface area contributed by atoms with Gasteiger partial charge in [-0.25, -0.2) is 0 Å². The van der Waals surface area contributed by atoms with Crippen molar-refractivity contribution in [1.29, 1.82) is 0 Å². The molecular weight excluding hydrogens is 254 g/mol. The second kappa shape index (κ2) is 6.70. The van der Waals surface area contributed by atoms with Crippen LogP contribution in [0.25, 0.3) is 0 Å². The van der Waals surface area contributed by atoms with Gasteiger partial charge in [-0.1, -0.05) is 12.8 Å². The SMILES string of the molecule is CCN(C(=O)c1ccc[nH]c1=O)C1CCCCC1CN. The standard InChI is InChI=1S/C15H23N3O2/c1-2-18(13-8-4-3-6-11(13)10-16)15(20)12-7-5-9-17-14(12)19/h5,7,9,11,13H,2-4,6,8,10,16H2,1H3,(H,17,19). The predicted octanol–water partition coefficient (Wildman–Crippen LogP) is 1.35. The molecule has 0 radical (unpaired) electrons. The van der Waals surface area contributed by atoms with E-state index >= 15 is 0 Å². The Balaban J connectivity index is 2.25. The molecule has 2 unspecified atom stereocenters. The molecule has 2 rings (SSSR count). The molecule has 1 heterocycles. The van der Waals surface area contributed by atoms with Gasteiger partial charge in [0.05, 0.1) is 0 Å². The normalized spacial score (nSPS) is 22.5. The molecule has 1 aliphatic rings. The van der Waals surface area contributed by atoms with E-state index in [-0.39, 0.29) is 23.1 Å². The van der Waals surface area contributed by atoms with Gasteiger partial charge in [0.1, 0.15) is 5.56 Å². The second-order valence-corrected chi connectivity index (χ2v) is 5.35. The van der Waals surface area contributed by atoms with Crippen LogP contribution < -0.4 is 11.3 Å². The van der Waals surface area contributed by atoms with Crippen LogP contribution in [0.1, 0.15) is 43.0 Å². The molecule has 5 heteroatoms. The molecule has 0 bridgehead atoms. The van der Waals surface area contributed by atoms with Crippen molar-refractivity contribution in [2.75, 3.05) is 13.1 Å². The lowest BCUT2D eigenvalue weighted by atomic mass is 9.83. The number of amides is 1. The molecule has 110 valence electrons. The number of hydrogen-bond acceptors (Lipinski definition) is 3. The molecular formula is C15H23N3O2. The molecule has 0 aromatic carbocycles. The number of pyridine rings is 1. The summed E-state index contributed by atoms with van der Waals surface area (Å²) in [5.41, 5.74) is 5.74. The first-order valence-corrected chi connectivity index (χ1v) is 7.37. The van der Waals surface area contributed by atoms with Gasteiger partial charge in [0.25, 0.3) is 11.5 Å². The van der Waals surface area contributed by atoms with E-state index in [1.165, 1.54) is 6.42 Å². The molecule has 1 fully saturated rings. The van der Waals surface area contributed by atoms with Crippen molar-refractivity contribution in [3.05, 3.63) is 34.2 Å². The third-order valence-corrected chi connectivity index (χ3v) is 4.22. The number of carbonyl (C=O) groups is 1. The topological polar surface area (TPSA) is 79.2 Å². The lowest BCUT2D eigenvalue weighted by Crippen LogP contribution is -2.49. The first kappa shape index (κ1) is 14.8. The lowest BCUT2D eigenvalue weighted by Gasteiger charge is -2.39. The highest BCUT2D eigenvalue weighted by atomic mass is 16.2. The monoisotopic (exact) mass is 277 g/mol. The number of nitrogens with zero attached hydrogens (tertiary/aromatic N) is 1. The fourth-order valence-corrected chi connectivity index (χ4v) is 3.15. The van der Waals surface area contributed by atoms with Crippen molar-refractivity contribution in [2.24, 2.45) is 11.7 Å². The van der Waals surface area contributed by atoms with Crippen molar-refractivity contribution < 1.29 is 4.79 Å². The van der Waals surface area contributed by atoms with Crippen LogP contribution in [-0.2, 0) is 0 Å². The number of nitrogens with two attached hydrogens (primary N) is 1. The molecule has 1 aromatic rings. The lowest BCUT2D eigenvalue weighted by molar-refractivity contribution is 0.0558. The minimum atomic E-state index is -0.323. The zero-order valence-corrected chi connectivity index (χ0v) is 12.0. The van der Waals surface area contributed by atoms with Crippen molar-refractivity contribution in [3.8, 4) is 0 Å². The van der Waals surface area contributed by atoms with Crippen LogP contribution in [0, 0.1) is 5.92 Å². The van der Waals surface area contributed by atoms with E-state index in [4.69, 9.17) is 5.73 Å². The quantitative estimate of drug-likeness (QED) is 0.872. The van der Waals surface area contributed by atoms with Crippen LogP contribution in [0.15, 0.2) is 23.1 Å². The molecule has 2 atom stereocenters. The van der Waals surface area contributed by atoms with E-state index in [9.17, 15) is 9.59 Å². The van der Waals surface area contributed by atoms with Crippen molar-refractivity contribution in [1.82, 2.24) is 9.88 Å². The van der Waals surface area contributed by atoms with Crippen LogP contribution in [-0.4, -0.2) is 34.9 Å². The van der Waals surface area contributed by atoms with Gasteiger partial charge in [-0.15, -0.1) is 0 Å². The summed E-state index contributed by atoms with van der Waals surface area (Å²) in [6.45, 7) is 3.16. The van der Waals surface area contributed by atoms with Gasteiger partial charge < -0.3 is 15.6 Å². The molecule has 0 spiro atoms. The Hall–Kier alpha value is -1.62. The maximum Gasteiger partial charge on any atom is 0.260 e. The van der Waals surface area contributed by atoms with Gasteiger partial charge >= 0.3 is 0 Å². The third-order valence-electron chi connectivity index (χ3n) is 4.22. The zero-order chi connectivity index (χ0) is 14.5. The van der Waals surface area contributed by atoms with Crippen LogP contribution in [0.5, 0.6) is 0 Å². The summed E-state index contributed by atoms with van der Waals surface area (Å²) in [6.07, 6.45) is 5.88. The summed E-state index contributed by atoms with van der Waals surface area (Å²) in [6, 6.07) is 3.43. The predicted molar refractivity (Wildman–Crippen MR) is 78.6 cm³/mol. The smallest absolute Gasteiger partial charge is 0.260 e. The van der Waals surface area contributed by atoms with E-state index in [1.807, 2.05) is 11.8 Å². The number of H-pyrrole nitrogens is 1. The van der Waals surface area contributed by atoms with Gasteiger partial charge in [0, 0.05) is 18.8 Å². The van der Waals surface area contributed by atoms with Gasteiger partial charge in [-0.05, 0) is 44.4 Å². The van der Waals surface area contributed by atoms with Gasteiger partial charge in [0.2, 0.25) is 0 Å². The first-order valence-electron chi connectivity index (χ1n) is 7.37. The van der Waals surface area contributed by atoms with Crippen LogP contribution in [0.3, 0.4) is 0 Å². The third kappa shape index (κ3) is 2.93. The van der Waals surface area contributed by atoms with E-state index in [2.05, 4.69) is 4.98 Å². The molecule has 5 nitrogen and oxygen atoms in total. The Bertz CT molecular complexity index is 512. The number of nitrogens with one attached hydrogen (secondary N) is 1. The van der Waals surface area contributed by atoms with Crippen LogP contribution >= 0.6 is 0 Å². The van der Waals surface area contributed by atoms with Crippen molar-refractivity contribution in [2.45, 2.75) is 38.6 Å². The van der Waals surface area contributed by atoms with Gasteiger partial charge in [0.15, 0.2) is 0 Å². The largest absolute Gasteiger partial charge is 0.335 e. The fourth-order valence-electron chi connectivity index (χ4n) is 3.15. The summed E-state index contributed by atoms with van der Waals surface area (Å²) in [4.78, 5) is 28.8. The molecule has 1 aromatic heterocycles. The highest BCUT2D eigenvalue weighted by Gasteiger charge is 2.32. The van der Waals surface area contributed by atoms with E-state index < -0.39 is 0 Å². The summed E-state index contributed by atoms with van der Waals surface area (Å²) in [5, 5.41) is 0. The molecule has 1 saturated carbocycles. The van der Waals surface area contributed by atoms with E-state index in [1.54, 1.807) is 18.3 Å². The zero-order valence-electron chi connectivity index (χ0n) is 12.0. The summed E-state index contributed by atoms with van der Waals surface area (Å²) in [7, 11) is 0. The van der Waals surface area contributed by atoms with Crippen LogP contribution in [0.4, 0.5) is 0 Å². The van der Waals surface area contributed by atoms with E-state index in [0.29, 0.717) is 19.0 Å². The Kier molecular flexibility index (Phi) is 4.95. The van der Waals surface area contributed by atoms with Gasteiger partial charge in [-0.2, -0.15) is 0 Å². The van der Waals surface area contributed by atoms with Crippen molar-refractivity contribution >= 4 is 5.91 Å². The minimum absolute atomic E-state index is 0.158. The molecule has 20 heavy (non-hydrogen) atoms. The molecule has 0 saturated heterocycles. The van der Waals surface area contributed by atoms with Crippen molar-refractivity contribution in [3.63, 3.8) is 0 Å². The number of aromatic amines is 1. The number of rotatable bonds is 4. The Morgan fingerprint density at radius 1 is 1.45 bits per heavy atom. The molecule has 0 aliphatic heterocycles. The minimum Gasteiger partial charge on any atom is -0.335 e. The molecule has 3 N–H and O–H groups in total. The second-order valence-electron chi connectivity index (χ2n) is 5.35. The van der Waals surface area contributed by atoms with Gasteiger partial charge in [-0.3, -0.25) is 9.59 Å². The maximum atomic E-state index is 12.6. The summed E-state index contributed by atoms with van der Waals surface area (Å²) in [5.74, 6) is 0.162. The molecule has 1 aliphatic carbocycles. The number of hydrogen-bond donors (Lipinski definition) is 2. The Morgan fingerprint density at radius 2 is 2.20 bits per heavy atom. The van der Waals surface area contributed by atoms with Crippen LogP contribution in [0.2, 0.25) is 0 Å². The van der Waals surface area contributed by atoms with E-state index in [0.717, 1.165) is 19.3 Å². The first-order chi connectivity index (χ1) is 9.69. The number of aromatic nitrogens is 1. The average Bonchev–Trinajstić information content (AvgIpc) is 2.49. The highest BCUT2D eigenvalue weighted by Crippen LogP contribution is 2.28. The highest BCUT2D eigenvalue weighted by molar-refractivity contribution is 5.94. The Morgan fingerprint density at radius 3 is 2.85 bits per heavy atom. The molecule has 1 amide bonds. The Labute approximate surface area is 119 Å². The average molecular weight is 277 g/mol. The summed E-state index contributed by atoms with van der Waals surface area (Å²) < 4.78 is 0. The fraction of sp³-hybridized carbons (Fsp3) is 0.600. The summed E-state index contributed by atoms with van der Waals surface area (Å²) >= 11 is 0. The maximum absolute atomic E-state index is 12.6. The number of carbonyl (C=O) groups excluding carboxylic acids is 1.